The van der Waals surface area contributed by atoms with E-state index in [4.69, 9.17) is 5.26 Å². The Balaban J connectivity index is 2.25. The quantitative estimate of drug-likeness (QED) is 0.840. The molecule has 1 heterocycles. The van der Waals surface area contributed by atoms with Crippen LogP contribution in [0.25, 0.3) is 6.08 Å². The second-order valence-electron chi connectivity index (χ2n) is 4.71. The molecule has 4 nitrogen and oxygen atoms in total. The molecule has 0 bridgehead atoms. The molecular formula is C14H12N2O2S. The number of nitriles is 1. The monoisotopic (exact) mass is 272 g/mol. The van der Waals surface area contributed by atoms with E-state index in [-0.39, 0.29) is 11.1 Å². The van der Waals surface area contributed by atoms with Crippen molar-refractivity contribution in [2.75, 3.05) is 0 Å². The molecule has 0 spiro atoms. The van der Waals surface area contributed by atoms with Gasteiger partial charge < -0.3 is 0 Å². The maximum Gasteiger partial charge on any atom is 0.290 e. The van der Waals surface area contributed by atoms with Crippen LogP contribution in [0.2, 0.25) is 0 Å². The van der Waals surface area contributed by atoms with Crippen molar-refractivity contribution in [3.05, 3.63) is 40.3 Å². The first kappa shape index (κ1) is 13.4. The number of rotatable bonds is 2. The van der Waals surface area contributed by atoms with Gasteiger partial charge in [0.15, 0.2) is 0 Å². The molecule has 0 aliphatic carbocycles. The van der Waals surface area contributed by atoms with Gasteiger partial charge in [-0.15, -0.1) is 0 Å². The zero-order chi connectivity index (χ0) is 14.0. The molecule has 1 aliphatic heterocycles. The van der Waals surface area contributed by atoms with Crippen molar-refractivity contribution in [1.29, 1.82) is 5.26 Å². The molecule has 2 amide bonds. The summed E-state index contributed by atoms with van der Waals surface area (Å²) in [5, 5.41) is 10.9. The largest absolute Gasteiger partial charge is 0.290 e. The summed E-state index contributed by atoms with van der Waals surface area (Å²) >= 11 is 0.892. The minimum absolute atomic E-state index is 0.349. The number of nitrogens with one attached hydrogen (secondary N) is 1. The van der Waals surface area contributed by atoms with Crippen LogP contribution < -0.4 is 5.32 Å². The van der Waals surface area contributed by atoms with Crippen LogP contribution >= 0.6 is 11.8 Å². The highest BCUT2D eigenvalue weighted by molar-refractivity contribution is 8.18. The molecular weight excluding hydrogens is 260 g/mol. The van der Waals surface area contributed by atoms with E-state index in [2.05, 4.69) is 11.4 Å². The van der Waals surface area contributed by atoms with Gasteiger partial charge in [-0.2, -0.15) is 5.26 Å². The number of benzene rings is 1. The van der Waals surface area contributed by atoms with E-state index in [1.165, 1.54) is 0 Å². The molecule has 1 fully saturated rings. The zero-order valence-electron chi connectivity index (χ0n) is 10.6. The van der Waals surface area contributed by atoms with Crippen molar-refractivity contribution in [3.8, 4) is 6.07 Å². The van der Waals surface area contributed by atoms with Crippen LogP contribution in [0.5, 0.6) is 0 Å². The molecule has 0 unspecified atom stereocenters. The molecule has 96 valence electrons. The van der Waals surface area contributed by atoms with Crippen LogP contribution in [0, 0.1) is 11.3 Å². The van der Waals surface area contributed by atoms with E-state index in [0.717, 1.165) is 22.9 Å². The third kappa shape index (κ3) is 2.85. The Bertz CT molecular complexity index is 609. The smallest absolute Gasteiger partial charge is 0.282 e. The molecule has 1 aliphatic rings. The molecule has 1 aromatic rings. The first-order valence-electron chi connectivity index (χ1n) is 5.69. The van der Waals surface area contributed by atoms with Gasteiger partial charge in [0.25, 0.3) is 11.1 Å². The molecule has 0 aromatic heterocycles. The van der Waals surface area contributed by atoms with Gasteiger partial charge in [0.05, 0.1) is 16.4 Å². The Hall–Kier alpha value is -2.06. The van der Waals surface area contributed by atoms with Crippen LogP contribution in [0.4, 0.5) is 4.79 Å². The normalized spacial score (nSPS) is 17.4. The van der Waals surface area contributed by atoms with Crippen LogP contribution in [-0.2, 0) is 10.2 Å². The number of imide groups is 1. The van der Waals surface area contributed by atoms with E-state index in [0.29, 0.717) is 4.91 Å². The molecule has 2 rings (SSSR count). The van der Waals surface area contributed by atoms with Crippen LogP contribution in [0.15, 0.2) is 29.2 Å². The van der Waals surface area contributed by atoms with E-state index >= 15 is 0 Å². The van der Waals surface area contributed by atoms with E-state index in [1.807, 2.05) is 38.1 Å². The van der Waals surface area contributed by atoms with E-state index in [1.54, 1.807) is 6.08 Å². The summed E-state index contributed by atoms with van der Waals surface area (Å²) in [6, 6.07) is 9.61. The summed E-state index contributed by atoms with van der Waals surface area (Å²) in [5.74, 6) is -0.364. The van der Waals surface area contributed by atoms with Crippen LogP contribution in [0.1, 0.15) is 25.0 Å². The van der Waals surface area contributed by atoms with Gasteiger partial charge in [-0.1, -0.05) is 24.3 Å². The standard InChI is InChI=1S/C14H12N2O2S/c1-14(2,8-15)10-5-3-9(4-6-10)7-11-12(17)16-13(18)19-11/h3-7H,1-2H3,(H,16,17,18)/b11-7+. The lowest BCUT2D eigenvalue weighted by Gasteiger charge is -2.15. The lowest BCUT2D eigenvalue weighted by Crippen LogP contribution is -2.17. The van der Waals surface area contributed by atoms with Gasteiger partial charge >= 0.3 is 0 Å². The predicted octanol–water partition coefficient (Wildman–Crippen LogP) is 2.81. The highest BCUT2D eigenvalue weighted by atomic mass is 32.2. The van der Waals surface area contributed by atoms with Crippen molar-refractivity contribution >= 4 is 29.0 Å². The van der Waals surface area contributed by atoms with Gasteiger partial charge in [-0.3, -0.25) is 14.9 Å². The average molecular weight is 272 g/mol. The van der Waals surface area contributed by atoms with E-state index in [9.17, 15) is 9.59 Å². The number of hydrogen-bond acceptors (Lipinski definition) is 4. The lowest BCUT2D eigenvalue weighted by molar-refractivity contribution is -0.115. The molecule has 0 saturated carbocycles. The third-order valence-corrected chi connectivity index (χ3v) is 3.66. The maximum absolute atomic E-state index is 11.4. The molecule has 5 heteroatoms. The minimum Gasteiger partial charge on any atom is -0.282 e. The molecule has 1 saturated heterocycles. The van der Waals surface area contributed by atoms with E-state index < -0.39 is 5.41 Å². The fourth-order valence-electron chi connectivity index (χ4n) is 1.63. The summed E-state index contributed by atoms with van der Waals surface area (Å²) in [7, 11) is 0. The molecule has 1 N–H and O–H groups in total. The van der Waals surface area contributed by atoms with Crippen molar-refractivity contribution in [2.24, 2.45) is 0 Å². The number of amides is 2. The summed E-state index contributed by atoms with van der Waals surface area (Å²) in [5.41, 5.74) is 1.20. The van der Waals surface area contributed by atoms with Gasteiger partial charge in [0.1, 0.15) is 0 Å². The molecule has 1 aromatic carbocycles. The van der Waals surface area contributed by atoms with Crippen molar-refractivity contribution in [1.82, 2.24) is 5.32 Å². The Morgan fingerprint density at radius 1 is 1.26 bits per heavy atom. The zero-order valence-corrected chi connectivity index (χ0v) is 11.4. The highest BCUT2D eigenvalue weighted by Crippen LogP contribution is 2.27. The van der Waals surface area contributed by atoms with Gasteiger partial charge in [0.2, 0.25) is 0 Å². The average Bonchev–Trinajstić information content (AvgIpc) is 2.68. The summed E-state index contributed by atoms with van der Waals surface area (Å²) in [6.45, 7) is 3.69. The summed E-state index contributed by atoms with van der Waals surface area (Å²) in [6.07, 6.45) is 1.66. The maximum atomic E-state index is 11.4. The minimum atomic E-state index is -0.541. The Labute approximate surface area is 115 Å². The Kier molecular flexibility index (Phi) is 3.45. The fourth-order valence-corrected chi connectivity index (χ4v) is 2.32. The number of carbonyl (C=O) groups excluding carboxylic acids is 2. The molecule has 0 radical (unpaired) electrons. The molecule has 19 heavy (non-hydrogen) atoms. The Morgan fingerprint density at radius 2 is 1.89 bits per heavy atom. The predicted molar refractivity (Wildman–Crippen MR) is 74.2 cm³/mol. The SMILES string of the molecule is CC(C)(C#N)c1ccc(/C=C2/SC(=O)NC2=O)cc1. The second kappa shape index (κ2) is 4.90. The number of nitrogens with zero attached hydrogens (tertiary/aromatic N) is 1. The first-order valence-corrected chi connectivity index (χ1v) is 6.51. The fraction of sp³-hybridized carbons (Fsp3) is 0.214. The van der Waals surface area contributed by atoms with Crippen molar-refractivity contribution < 1.29 is 9.59 Å². The van der Waals surface area contributed by atoms with Crippen molar-refractivity contribution in [3.63, 3.8) is 0 Å². The Morgan fingerprint density at radius 3 is 2.37 bits per heavy atom. The molecule has 0 atom stereocenters. The van der Waals surface area contributed by atoms with Gasteiger partial charge in [-0.25, -0.2) is 0 Å². The highest BCUT2D eigenvalue weighted by Gasteiger charge is 2.25. The topological polar surface area (TPSA) is 70.0 Å². The summed E-state index contributed by atoms with van der Waals surface area (Å²) in [4.78, 5) is 22.8. The van der Waals surface area contributed by atoms with Crippen molar-refractivity contribution in [2.45, 2.75) is 19.3 Å². The second-order valence-corrected chi connectivity index (χ2v) is 5.73. The van der Waals surface area contributed by atoms with Crippen LogP contribution in [-0.4, -0.2) is 11.1 Å². The number of hydrogen-bond donors (Lipinski definition) is 1. The number of carbonyl (C=O) groups is 2. The van der Waals surface area contributed by atoms with Gasteiger partial charge in [0, 0.05) is 0 Å². The van der Waals surface area contributed by atoms with Gasteiger partial charge in [-0.05, 0) is 42.8 Å². The first-order chi connectivity index (χ1) is 8.92. The lowest BCUT2D eigenvalue weighted by atomic mass is 9.86. The number of thioether (sulfide) groups is 1. The van der Waals surface area contributed by atoms with Crippen LogP contribution in [0.3, 0.4) is 0 Å². The summed E-state index contributed by atoms with van der Waals surface area (Å²) < 4.78 is 0. The third-order valence-electron chi connectivity index (χ3n) is 2.85.